The molecule has 3 atom stereocenters. The first-order valence-corrected chi connectivity index (χ1v) is 11.6. The van der Waals surface area contributed by atoms with Gasteiger partial charge in [-0.05, 0) is 53.2 Å². The summed E-state index contributed by atoms with van der Waals surface area (Å²) in [4.78, 5) is 4.71. The summed E-state index contributed by atoms with van der Waals surface area (Å²) >= 11 is 3.51. The number of benzene rings is 1. The summed E-state index contributed by atoms with van der Waals surface area (Å²) in [5, 5.41) is 9.29. The normalized spacial score (nSPS) is 24.4. The van der Waals surface area contributed by atoms with Gasteiger partial charge in [0.05, 0.1) is 17.6 Å². The highest BCUT2D eigenvalue weighted by atomic mass is 79.9. The Bertz CT molecular complexity index is 1260. The fourth-order valence-electron chi connectivity index (χ4n) is 5.93. The lowest BCUT2D eigenvalue weighted by molar-refractivity contribution is 0.170. The molecule has 0 radical (unpaired) electrons. The summed E-state index contributed by atoms with van der Waals surface area (Å²) in [6.45, 7) is 4.68. The summed E-state index contributed by atoms with van der Waals surface area (Å²) in [6, 6.07) is 14.6. The van der Waals surface area contributed by atoms with E-state index < -0.39 is 0 Å². The molecule has 0 saturated carbocycles. The van der Waals surface area contributed by atoms with Crippen molar-refractivity contribution in [2.75, 3.05) is 0 Å². The first-order chi connectivity index (χ1) is 15.1. The van der Waals surface area contributed by atoms with Crippen LogP contribution in [-0.2, 0) is 18.3 Å². The van der Waals surface area contributed by atoms with E-state index in [1.165, 1.54) is 16.8 Å². The zero-order chi connectivity index (χ0) is 21.2. The van der Waals surface area contributed by atoms with Crippen molar-refractivity contribution in [2.24, 2.45) is 5.92 Å². The van der Waals surface area contributed by atoms with Crippen molar-refractivity contribution in [1.29, 1.82) is 0 Å². The number of nitrogens with zero attached hydrogens (tertiary/aromatic N) is 4. The van der Waals surface area contributed by atoms with Gasteiger partial charge in [-0.3, -0.25) is 0 Å². The quantitative estimate of drug-likeness (QED) is 0.364. The third-order valence-corrected chi connectivity index (χ3v) is 7.74. The van der Waals surface area contributed by atoms with Crippen LogP contribution in [0, 0.1) is 5.92 Å². The Kier molecular flexibility index (Phi) is 4.22. The number of halogens is 1. The molecule has 31 heavy (non-hydrogen) atoms. The van der Waals surface area contributed by atoms with Gasteiger partial charge in [-0.1, -0.05) is 49.3 Å². The van der Waals surface area contributed by atoms with Gasteiger partial charge < -0.3 is 4.52 Å². The third kappa shape index (κ3) is 2.77. The Morgan fingerprint density at radius 1 is 1.13 bits per heavy atom. The highest BCUT2D eigenvalue weighted by Gasteiger charge is 2.51. The minimum atomic E-state index is -0.0691. The second-order valence-electron chi connectivity index (χ2n) is 9.03. The molecular formula is C25H23BrN4O. The van der Waals surface area contributed by atoms with E-state index in [0.717, 1.165) is 46.6 Å². The molecule has 3 heterocycles. The molecule has 5 nitrogen and oxygen atoms in total. The molecule has 6 rings (SSSR count). The molecule has 6 heteroatoms. The van der Waals surface area contributed by atoms with Crippen LogP contribution in [0.25, 0.3) is 17.1 Å². The number of fused-ring (bicyclic) bond motifs is 4. The van der Waals surface area contributed by atoms with E-state index >= 15 is 0 Å². The maximum absolute atomic E-state index is 5.66. The molecule has 4 aromatic rings. The van der Waals surface area contributed by atoms with Crippen LogP contribution in [-0.4, -0.2) is 19.9 Å². The molecule has 1 aromatic carbocycles. The molecule has 0 spiro atoms. The summed E-state index contributed by atoms with van der Waals surface area (Å²) in [5.74, 6) is 2.70. The van der Waals surface area contributed by atoms with Crippen molar-refractivity contribution in [2.45, 2.75) is 44.4 Å². The topological polar surface area (TPSA) is 56.7 Å². The fourth-order valence-corrected chi connectivity index (χ4v) is 6.16. The Labute approximate surface area is 189 Å². The van der Waals surface area contributed by atoms with Crippen LogP contribution in [0.3, 0.4) is 0 Å². The monoisotopic (exact) mass is 474 g/mol. The van der Waals surface area contributed by atoms with E-state index in [0.29, 0.717) is 11.8 Å². The van der Waals surface area contributed by atoms with E-state index in [9.17, 15) is 0 Å². The standard InChI is InChI=1S/C25H23BrN4O/c1-15-20-10-9-19-22(16-6-4-3-5-7-16)29-30(21-11-8-18(26)14-27-21)24(19)25(20,2)12-17-13-28-31-23(15)17/h3-8,11,13-15,20H,9-10,12H2,1-2H3/t15-,20-,25-/m1/s1. The molecule has 156 valence electrons. The Morgan fingerprint density at radius 3 is 2.74 bits per heavy atom. The van der Waals surface area contributed by atoms with E-state index in [1.54, 1.807) is 0 Å². The highest BCUT2D eigenvalue weighted by Crippen LogP contribution is 2.55. The number of pyridine rings is 1. The van der Waals surface area contributed by atoms with Crippen LogP contribution < -0.4 is 0 Å². The first kappa shape index (κ1) is 19.0. The Morgan fingerprint density at radius 2 is 1.97 bits per heavy atom. The lowest BCUT2D eigenvalue weighted by Crippen LogP contribution is -2.45. The van der Waals surface area contributed by atoms with Gasteiger partial charge in [-0.2, -0.15) is 5.10 Å². The summed E-state index contributed by atoms with van der Waals surface area (Å²) in [6.07, 6.45) is 6.77. The van der Waals surface area contributed by atoms with Crippen LogP contribution in [0.15, 0.2) is 63.9 Å². The largest absolute Gasteiger partial charge is 0.361 e. The van der Waals surface area contributed by atoms with Crippen LogP contribution in [0.5, 0.6) is 0 Å². The fraction of sp³-hybridized carbons (Fsp3) is 0.320. The SMILES string of the molecule is C[C@H]1c2oncc2C[C@@]2(C)c3c(c(-c4ccccc4)nn3-c3ccc(Br)cn3)CC[C@H]12. The van der Waals surface area contributed by atoms with E-state index in [-0.39, 0.29) is 5.41 Å². The number of aromatic nitrogens is 4. The van der Waals surface area contributed by atoms with Gasteiger partial charge in [0.2, 0.25) is 0 Å². The molecule has 2 aliphatic carbocycles. The molecule has 0 amide bonds. The molecule has 0 N–H and O–H groups in total. The number of hydrogen-bond donors (Lipinski definition) is 0. The summed E-state index contributed by atoms with van der Waals surface area (Å²) < 4.78 is 8.72. The average Bonchev–Trinajstić information content (AvgIpc) is 3.40. The lowest BCUT2D eigenvalue weighted by atomic mass is 9.56. The molecule has 3 aromatic heterocycles. The Balaban J connectivity index is 1.61. The van der Waals surface area contributed by atoms with Gasteiger partial charge >= 0.3 is 0 Å². The van der Waals surface area contributed by atoms with Crippen molar-refractivity contribution in [1.82, 2.24) is 19.9 Å². The predicted molar refractivity (Wildman–Crippen MR) is 122 cm³/mol. The van der Waals surface area contributed by atoms with Crippen LogP contribution >= 0.6 is 15.9 Å². The zero-order valence-electron chi connectivity index (χ0n) is 17.5. The second kappa shape index (κ2) is 6.89. The van der Waals surface area contributed by atoms with Crippen LogP contribution in [0.1, 0.15) is 48.8 Å². The summed E-state index contributed by atoms with van der Waals surface area (Å²) in [5.41, 5.74) is 6.02. The lowest BCUT2D eigenvalue weighted by Gasteiger charge is -2.47. The van der Waals surface area contributed by atoms with Crippen molar-refractivity contribution >= 4 is 15.9 Å². The zero-order valence-corrected chi connectivity index (χ0v) is 19.1. The molecule has 0 unspecified atom stereocenters. The smallest absolute Gasteiger partial charge is 0.153 e. The van der Waals surface area contributed by atoms with Crippen LogP contribution in [0.4, 0.5) is 0 Å². The van der Waals surface area contributed by atoms with Gasteiger partial charge in [0.15, 0.2) is 5.82 Å². The molecule has 0 saturated heterocycles. The van der Waals surface area contributed by atoms with Gasteiger partial charge in [0, 0.05) is 38.7 Å². The van der Waals surface area contributed by atoms with Crippen LogP contribution in [0.2, 0.25) is 0 Å². The molecular weight excluding hydrogens is 452 g/mol. The molecule has 0 aliphatic heterocycles. The molecule has 0 bridgehead atoms. The van der Waals surface area contributed by atoms with Crippen molar-refractivity contribution in [3.05, 3.63) is 81.9 Å². The van der Waals surface area contributed by atoms with Gasteiger partial charge in [-0.15, -0.1) is 0 Å². The predicted octanol–water partition coefficient (Wildman–Crippen LogP) is 5.86. The minimum Gasteiger partial charge on any atom is -0.361 e. The Hall–Kier alpha value is -2.73. The third-order valence-electron chi connectivity index (χ3n) is 7.28. The molecule has 0 fully saturated rings. The van der Waals surface area contributed by atoms with E-state index in [2.05, 4.69) is 69.9 Å². The van der Waals surface area contributed by atoms with Crippen molar-refractivity contribution in [3.8, 4) is 17.1 Å². The highest BCUT2D eigenvalue weighted by molar-refractivity contribution is 9.10. The first-order valence-electron chi connectivity index (χ1n) is 10.8. The maximum Gasteiger partial charge on any atom is 0.153 e. The van der Waals surface area contributed by atoms with Gasteiger partial charge in [-0.25, -0.2) is 9.67 Å². The average molecular weight is 475 g/mol. The van der Waals surface area contributed by atoms with Crippen molar-refractivity contribution < 1.29 is 4.52 Å². The van der Waals surface area contributed by atoms with Gasteiger partial charge in [0.25, 0.3) is 0 Å². The van der Waals surface area contributed by atoms with E-state index in [4.69, 9.17) is 14.6 Å². The summed E-state index contributed by atoms with van der Waals surface area (Å²) in [7, 11) is 0. The van der Waals surface area contributed by atoms with Crippen molar-refractivity contribution in [3.63, 3.8) is 0 Å². The molecule has 2 aliphatic rings. The van der Waals surface area contributed by atoms with Gasteiger partial charge in [0.1, 0.15) is 5.76 Å². The number of rotatable bonds is 2. The second-order valence-corrected chi connectivity index (χ2v) is 9.95. The maximum atomic E-state index is 5.66. The van der Waals surface area contributed by atoms with E-state index in [1.807, 2.05) is 24.5 Å². The number of hydrogen-bond acceptors (Lipinski definition) is 4. The minimum absolute atomic E-state index is 0.0691.